The number of hydrogen-bond donors (Lipinski definition) is 1. The SMILES string of the molecule is CCCOc1ccc(C(O)CN2CCC(C)CC2C)cc1. The third kappa shape index (κ3) is 4.72. The van der Waals surface area contributed by atoms with Gasteiger partial charge < -0.3 is 9.84 Å². The van der Waals surface area contributed by atoms with E-state index in [0.717, 1.165) is 43.3 Å². The summed E-state index contributed by atoms with van der Waals surface area (Å²) in [5, 5.41) is 10.4. The smallest absolute Gasteiger partial charge is 0.119 e. The Morgan fingerprint density at radius 2 is 2.00 bits per heavy atom. The van der Waals surface area contributed by atoms with Crippen molar-refractivity contribution < 1.29 is 9.84 Å². The highest BCUT2D eigenvalue weighted by molar-refractivity contribution is 5.28. The number of rotatable bonds is 6. The molecule has 1 aliphatic rings. The lowest BCUT2D eigenvalue weighted by molar-refractivity contribution is 0.0601. The predicted molar refractivity (Wildman–Crippen MR) is 86.6 cm³/mol. The molecule has 1 aromatic rings. The summed E-state index contributed by atoms with van der Waals surface area (Å²) >= 11 is 0. The number of ether oxygens (including phenoxy) is 1. The summed E-state index contributed by atoms with van der Waals surface area (Å²) in [7, 11) is 0. The zero-order valence-electron chi connectivity index (χ0n) is 13.6. The van der Waals surface area contributed by atoms with Gasteiger partial charge in [-0.3, -0.25) is 4.90 Å². The van der Waals surface area contributed by atoms with Crippen LogP contribution in [0.5, 0.6) is 5.75 Å². The van der Waals surface area contributed by atoms with Crippen LogP contribution >= 0.6 is 0 Å². The van der Waals surface area contributed by atoms with Gasteiger partial charge in [0.1, 0.15) is 5.75 Å². The minimum atomic E-state index is -0.416. The van der Waals surface area contributed by atoms with E-state index >= 15 is 0 Å². The average Bonchev–Trinajstić information content (AvgIpc) is 2.48. The normalized spacial score (nSPS) is 24.8. The van der Waals surface area contributed by atoms with E-state index in [-0.39, 0.29) is 0 Å². The first-order chi connectivity index (χ1) is 10.1. The number of nitrogens with zero attached hydrogens (tertiary/aromatic N) is 1. The Hall–Kier alpha value is -1.06. The van der Waals surface area contributed by atoms with E-state index in [0.29, 0.717) is 6.04 Å². The standard InChI is InChI=1S/C18H29NO2/c1-4-11-21-17-7-5-16(6-8-17)18(20)13-19-10-9-14(2)12-15(19)3/h5-8,14-15,18,20H,4,9-13H2,1-3H3. The van der Waals surface area contributed by atoms with Crippen molar-refractivity contribution in [3.63, 3.8) is 0 Å². The zero-order chi connectivity index (χ0) is 15.2. The molecule has 0 spiro atoms. The maximum Gasteiger partial charge on any atom is 0.119 e. The van der Waals surface area contributed by atoms with Crippen LogP contribution < -0.4 is 4.74 Å². The van der Waals surface area contributed by atoms with Crippen molar-refractivity contribution in [3.8, 4) is 5.75 Å². The number of piperidine rings is 1. The second-order valence-corrected chi connectivity index (χ2v) is 6.41. The molecular weight excluding hydrogens is 262 g/mol. The molecule has 0 saturated carbocycles. The number of β-amino-alcohol motifs (C(OH)–C–C–N with tert-alkyl or cyclic N) is 1. The third-order valence-electron chi connectivity index (χ3n) is 4.42. The molecule has 3 atom stereocenters. The van der Waals surface area contributed by atoms with Crippen molar-refractivity contribution in [3.05, 3.63) is 29.8 Å². The highest BCUT2D eigenvalue weighted by Crippen LogP contribution is 2.25. The van der Waals surface area contributed by atoms with Crippen LogP contribution in [0.25, 0.3) is 0 Å². The summed E-state index contributed by atoms with van der Waals surface area (Å²) in [6, 6.07) is 8.43. The highest BCUT2D eigenvalue weighted by Gasteiger charge is 2.24. The summed E-state index contributed by atoms with van der Waals surface area (Å²) in [5.41, 5.74) is 0.977. The van der Waals surface area contributed by atoms with E-state index < -0.39 is 6.10 Å². The van der Waals surface area contributed by atoms with Gasteiger partial charge in [-0.2, -0.15) is 0 Å². The number of likely N-dealkylation sites (tertiary alicyclic amines) is 1. The van der Waals surface area contributed by atoms with Crippen LogP contribution in [0.3, 0.4) is 0 Å². The minimum absolute atomic E-state index is 0.416. The number of hydrogen-bond acceptors (Lipinski definition) is 3. The molecule has 0 bridgehead atoms. The lowest BCUT2D eigenvalue weighted by Gasteiger charge is -2.37. The van der Waals surface area contributed by atoms with Gasteiger partial charge in [0.2, 0.25) is 0 Å². The lowest BCUT2D eigenvalue weighted by Crippen LogP contribution is -2.42. The van der Waals surface area contributed by atoms with Crippen molar-refractivity contribution in [1.29, 1.82) is 0 Å². The first-order valence-corrected chi connectivity index (χ1v) is 8.25. The Morgan fingerprint density at radius 1 is 1.29 bits per heavy atom. The first-order valence-electron chi connectivity index (χ1n) is 8.25. The first kappa shape index (κ1) is 16.3. The van der Waals surface area contributed by atoms with Crippen molar-refractivity contribution in [1.82, 2.24) is 4.90 Å². The quantitative estimate of drug-likeness (QED) is 0.868. The van der Waals surface area contributed by atoms with Gasteiger partial charge in [-0.1, -0.05) is 26.0 Å². The molecule has 0 aromatic heterocycles. The molecule has 0 radical (unpaired) electrons. The maximum absolute atomic E-state index is 10.4. The topological polar surface area (TPSA) is 32.7 Å². The molecule has 1 aliphatic heterocycles. The molecule has 1 aromatic carbocycles. The second-order valence-electron chi connectivity index (χ2n) is 6.41. The van der Waals surface area contributed by atoms with E-state index in [1.807, 2.05) is 24.3 Å². The van der Waals surface area contributed by atoms with Gasteiger partial charge >= 0.3 is 0 Å². The molecule has 1 saturated heterocycles. The average molecular weight is 291 g/mol. The Labute approximate surface area is 128 Å². The molecule has 0 aliphatic carbocycles. The minimum Gasteiger partial charge on any atom is -0.494 e. The Morgan fingerprint density at radius 3 is 2.62 bits per heavy atom. The number of benzene rings is 1. The van der Waals surface area contributed by atoms with Gasteiger partial charge in [-0.15, -0.1) is 0 Å². The highest BCUT2D eigenvalue weighted by atomic mass is 16.5. The van der Waals surface area contributed by atoms with Gasteiger partial charge in [0.25, 0.3) is 0 Å². The van der Waals surface area contributed by atoms with Crippen LogP contribution in [0, 0.1) is 5.92 Å². The van der Waals surface area contributed by atoms with Crippen LogP contribution in [0.2, 0.25) is 0 Å². The molecule has 0 amide bonds. The van der Waals surface area contributed by atoms with Crippen molar-refractivity contribution in [2.24, 2.45) is 5.92 Å². The van der Waals surface area contributed by atoms with Crippen LogP contribution in [-0.4, -0.2) is 35.7 Å². The van der Waals surface area contributed by atoms with E-state index in [1.54, 1.807) is 0 Å². The largest absolute Gasteiger partial charge is 0.494 e. The summed E-state index contributed by atoms with van der Waals surface area (Å²) in [4.78, 5) is 2.41. The van der Waals surface area contributed by atoms with Gasteiger partial charge in [0, 0.05) is 12.6 Å². The monoisotopic (exact) mass is 291 g/mol. The fourth-order valence-electron chi connectivity index (χ4n) is 3.06. The molecular formula is C18H29NO2. The molecule has 3 heteroatoms. The van der Waals surface area contributed by atoms with E-state index in [2.05, 4.69) is 25.7 Å². The van der Waals surface area contributed by atoms with Crippen LogP contribution in [0.4, 0.5) is 0 Å². The van der Waals surface area contributed by atoms with E-state index in [4.69, 9.17) is 4.74 Å². The summed E-state index contributed by atoms with van der Waals surface area (Å²) in [6.45, 7) is 9.24. The zero-order valence-corrected chi connectivity index (χ0v) is 13.6. The molecule has 118 valence electrons. The summed E-state index contributed by atoms with van der Waals surface area (Å²) in [6.07, 6.45) is 3.06. The van der Waals surface area contributed by atoms with Crippen LogP contribution in [0.1, 0.15) is 51.7 Å². The lowest BCUT2D eigenvalue weighted by atomic mass is 9.93. The molecule has 1 fully saturated rings. The molecule has 3 unspecified atom stereocenters. The van der Waals surface area contributed by atoms with Gasteiger partial charge in [-0.05, 0) is 56.3 Å². The summed E-state index contributed by atoms with van der Waals surface area (Å²) in [5.74, 6) is 1.69. The van der Waals surface area contributed by atoms with Gasteiger partial charge in [0.05, 0.1) is 12.7 Å². The van der Waals surface area contributed by atoms with Crippen molar-refractivity contribution in [2.45, 2.75) is 52.2 Å². The van der Waals surface area contributed by atoms with E-state index in [1.165, 1.54) is 12.8 Å². The molecule has 3 nitrogen and oxygen atoms in total. The van der Waals surface area contributed by atoms with Gasteiger partial charge in [0.15, 0.2) is 0 Å². The molecule has 1 heterocycles. The Bertz CT molecular complexity index is 418. The predicted octanol–water partition coefficient (Wildman–Crippen LogP) is 3.63. The van der Waals surface area contributed by atoms with Crippen LogP contribution in [0.15, 0.2) is 24.3 Å². The van der Waals surface area contributed by atoms with Crippen LogP contribution in [-0.2, 0) is 0 Å². The molecule has 1 N–H and O–H groups in total. The third-order valence-corrected chi connectivity index (χ3v) is 4.42. The number of aliphatic hydroxyl groups excluding tert-OH is 1. The fraction of sp³-hybridized carbons (Fsp3) is 0.667. The molecule has 2 rings (SSSR count). The van der Waals surface area contributed by atoms with Crippen molar-refractivity contribution in [2.75, 3.05) is 19.7 Å². The summed E-state index contributed by atoms with van der Waals surface area (Å²) < 4.78 is 5.58. The van der Waals surface area contributed by atoms with Gasteiger partial charge in [-0.25, -0.2) is 0 Å². The van der Waals surface area contributed by atoms with E-state index in [9.17, 15) is 5.11 Å². The Kier molecular flexibility index (Phi) is 6.07. The maximum atomic E-state index is 10.4. The Balaban J connectivity index is 1.89. The number of aliphatic hydroxyl groups is 1. The molecule has 21 heavy (non-hydrogen) atoms. The fourth-order valence-corrected chi connectivity index (χ4v) is 3.06. The van der Waals surface area contributed by atoms with Crippen molar-refractivity contribution >= 4 is 0 Å². The second kappa shape index (κ2) is 7.81.